The maximum atomic E-state index is 10.1. The van der Waals surface area contributed by atoms with Gasteiger partial charge in [-0.3, -0.25) is 0 Å². The molecule has 1 radical (unpaired) electrons. The van der Waals surface area contributed by atoms with Crippen LogP contribution in [0.1, 0.15) is 27.2 Å². The second-order valence-electron chi connectivity index (χ2n) is 3.37. The van der Waals surface area contributed by atoms with Crippen molar-refractivity contribution in [2.24, 2.45) is 5.41 Å². The van der Waals surface area contributed by atoms with E-state index in [1.807, 2.05) is 0 Å². The summed E-state index contributed by atoms with van der Waals surface area (Å²) in [5.41, 5.74) is 0.386. The molecule has 0 aromatic carbocycles. The molecule has 0 aromatic heterocycles. The summed E-state index contributed by atoms with van der Waals surface area (Å²) in [6, 6.07) is 0.962. The molecule has 0 N–H and O–H groups in total. The summed E-state index contributed by atoms with van der Waals surface area (Å²) < 4.78 is 0. The van der Waals surface area contributed by atoms with Gasteiger partial charge in [-0.1, -0.05) is 20.8 Å². The third-order valence-electron chi connectivity index (χ3n) is 1.07. The first-order valence-electron chi connectivity index (χ1n) is 3.14. The van der Waals surface area contributed by atoms with Crippen molar-refractivity contribution in [2.45, 2.75) is 33.2 Å². The molecule has 0 amide bonds. The van der Waals surface area contributed by atoms with Gasteiger partial charge in [0.25, 0.3) is 0 Å². The van der Waals surface area contributed by atoms with Crippen LogP contribution in [0.2, 0.25) is 6.04 Å². The summed E-state index contributed by atoms with van der Waals surface area (Å²) in [4.78, 5) is 10.1. The Balaban J connectivity index is 3.11. The molecule has 1 nitrogen and oxygen atoms in total. The van der Waals surface area contributed by atoms with Crippen LogP contribution in [0.15, 0.2) is 0 Å². The topological polar surface area (TPSA) is 19.9 Å². The van der Waals surface area contributed by atoms with E-state index in [4.69, 9.17) is 0 Å². The molecule has 0 fully saturated rings. The Bertz CT molecular complexity index is 56.0. The predicted molar refractivity (Wildman–Crippen MR) is 38.1 cm³/mol. The highest BCUT2D eigenvalue weighted by Gasteiger charge is 2.08. The fourth-order valence-corrected chi connectivity index (χ4v) is 1.81. The van der Waals surface area contributed by atoms with E-state index < -0.39 is 9.76 Å². The molecule has 0 aliphatic heterocycles. The number of hydrogen-bond donors (Lipinski definition) is 0. The molecule has 0 unspecified atom stereocenters. The Morgan fingerprint density at radius 3 is 2.00 bits per heavy atom. The molecular formula is C6H15OSi. The Morgan fingerprint density at radius 2 is 1.88 bits per heavy atom. The summed E-state index contributed by atoms with van der Waals surface area (Å²) in [6.07, 6.45) is 1.11. The zero-order valence-electron chi connectivity index (χ0n) is 6.03. The maximum absolute atomic E-state index is 10.1. The Kier molecular flexibility index (Phi) is 3.32. The Hall–Kier alpha value is 0.177. The Morgan fingerprint density at radius 1 is 1.38 bits per heavy atom. The van der Waals surface area contributed by atoms with Crippen LogP contribution in [-0.4, -0.2) is 9.76 Å². The molecule has 0 spiro atoms. The molecule has 49 valence electrons. The van der Waals surface area contributed by atoms with Crippen LogP contribution in [0.3, 0.4) is 0 Å². The largest absolute Gasteiger partial charge is 0.306 e. The van der Waals surface area contributed by atoms with E-state index in [2.05, 4.69) is 20.8 Å². The minimum atomic E-state index is -0.916. The van der Waals surface area contributed by atoms with Gasteiger partial charge in [0.15, 0.2) is 0 Å². The van der Waals surface area contributed by atoms with E-state index in [1.54, 1.807) is 0 Å². The second-order valence-corrected chi connectivity index (χ2v) is 4.48. The van der Waals surface area contributed by atoms with Gasteiger partial charge >= 0.3 is 0 Å². The van der Waals surface area contributed by atoms with E-state index >= 15 is 0 Å². The molecule has 0 bridgehead atoms. The molecule has 0 atom stereocenters. The van der Waals surface area contributed by atoms with E-state index in [9.17, 15) is 4.80 Å². The SMILES string of the molecule is CC(C)(C)CC[SiH2][O]. The molecular weight excluding hydrogens is 116 g/mol. The molecule has 0 aliphatic carbocycles. The first-order valence-corrected chi connectivity index (χ1v) is 4.72. The van der Waals surface area contributed by atoms with Crippen LogP contribution < -0.4 is 0 Å². The number of rotatable bonds is 2. The van der Waals surface area contributed by atoms with Gasteiger partial charge in [0.2, 0.25) is 9.76 Å². The van der Waals surface area contributed by atoms with Crippen molar-refractivity contribution in [1.29, 1.82) is 0 Å². The molecule has 8 heavy (non-hydrogen) atoms. The van der Waals surface area contributed by atoms with Crippen LogP contribution in [0, 0.1) is 5.41 Å². The summed E-state index contributed by atoms with van der Waals surface area (Å²) in [5.74, 6) is 0. The van der Waals surface area contributed by atoms with E-state index in [0.29, 0.717) is 5.41 Å². The minimum Gasteiger partial charge on any atom is -0.306 e. The molecule has 2 heteroatoms. The van der Waals surface area contributed by atoms with Crippen LogP contribution in [0.25, 0.3) is 0 Å². The van der Waals surface area contributed by atoms with Crippen LogP contribution in [0.5, 0.6) is 0 Å². The lowest BCUT2D eigenvalue weighted by Crippen LogP contribution is -2.05. The van der Waals surface area contributed by atoms with Gasteiger partial charge in [-0.05, 0) is 17.9 Å². The maximum Gasteiger partial charge on any atom is 0.207 e. The molecule has 0 saturated carbocycles. The van der Waals surface area contributed by atoms with Crippen molar-refractivity contribution in [3.63, 3.8) is 0 Å². The van der Waals surface area contributed by atoms with Crippen LogP contribution in [-0.2, 0) is 4.80 Å². The van der Waals surface area contributed by atoms with Crippen molar-refractivity contribution in [3.8, 4) is 0 Å². The average molecular weight is 131 g/mol. The summed E-state index contributed by atoms with van der Waals surface area (Å²) in [5, 5.41) is 0. The van der Waals surface area contributed by atoms with Gasteiger partial charge in [0, 0.05) is 0 Å². The summed E-state index contributed by atoms with van der Waals surface area (Å²) >= 11 is 0. The summed E-state index contributed by atoms with van der Waals surface area (Å²) in [7, 11) is -0.916. The van der Waals surface area contributed by atoms with E-state index in [0.717, 1.165) is 12.5 Å². The summed E-state index contributed by atoms with van der Waals surface area (Å²) in [6.45, 7) is 6.53. The highest BCUT2D eigenvalue weighted by atomic mass is 28.2. The fourth-order valence-electron chi connectivity index (χ4n) is 0.602. The van der Waals surface area contributed by atoms with Gasteiger partial charge < -0.3 is 4.80 Å². The Labute approximate surface area is 54.1 Å². The lowest BCUT2D eigenvalue weighted by Gasteiger charge is -2.15. The van der Waals surface area contributed by atoms with Gasteiger partial charge in [-0.2, -0.15) is 0 Å². The van der Waals surface area contributed by atoms with Crippen molar-refractivity contribution < 1.29 is 4.80 Å². The third kappa shape index (κ3) is 6.18. The normalized spacial score (nSPS) is 13.5. The minimum absolute atomic E-state index is 0.386. The van der Waals surface area contributed by atoms with Crippen LogP contribution in [0.4, 0.5) is 0 Å². The number of hydrogen-bond acceptors (Lipinski definition) is 0. The first kappa shape index (κ1) is 8.18. The quantitative estimate of drug-likeness (QED) is 0.504. The van der Waals surface area contributed by atoms with Gasteiger partial charge in [0.05, 0.1) is 0 Å². The van der Waals surface area contributed by atoms with E-state index in [-0.39, 0.29) is 0 Å². The smallest absolute Gasteiger partial charge is 0.207 e. The van der Waals surface area contributed by atoms with Crippen molar-refractivity contribution in [1.82, 2.24) is 0 Å². The van der Waals surface area contributed by atoms with Gasteiger partial charge in [0.1, 0.15) is 0 Å². The molecule has 0 heterocycles. The monoisotopic (exact) mass is 131 g/mol. The highest BCUT2D eigenvalue weighted by molar-refractivity contribution is 6.24. The average Bonchev–Trinajstić information content (AvgIpc) is 1.59. The molecule has 0 saturated heterocycles. The van der Waals surface area contributed by atoms with Crippen molar-refractivity contribution in [2.75, 3.05) is 0 Å². The lowest BCUT2D eigenvalue weighted by atomic mass is 9.94. The fraction of sp³-hybridized carbons (Fsp3) is 1.00. The zero-order chi connectivity index (χ0) is 6.62. The third-order valence-corrected chi connectivity index (χ3v) is 1.71. The molecule has 0 aromatic rings. The van der Waals surface area contributed by atoms with Gasteiger partial charge in [-0.15, -0.1) is 0 Å². The lowest BCUT2D eigenvalue weighted by molar-refractivity contribution is 0.384. The zero-order valence-corrected chi connectivity index (χ0v) is 7.44. The predicted octanol–water partition coefficient (Wildman–Crippen LogP) is 1.36. The van der Waals surface area contributed by atoms with E-state index in [1.165, 1.54) is 0 Å². The van der Waals surface area contributed by atoms with Gasteiger partial charge in [-0.25, -0.2) is 0 Å². The van der Waals surface area contributed by atoms with Crippen molar-refractivity contribution >= 4 is 9.76 Å². The molecule has 0 rings (SSSR count). The van der Waals surface area contributed by atoms with Crippen LogP contribution >= 0.6 is 0 Å². The highest BCUT2D eigenvalue weighted by Crippen LogP contribution is 2.19. The second kappa shape index (κ2) is 3.25. The van der Waals surface area contributed by atoms with Crippen molar-refractivity contribution in [3.05, 3.63) is 0 Å². The molecule has 0 aliphatic rings. The standard InChI is InChI=1S/C6H15OSi/c1-6(2,3)4-5-8-7/h4-5,8H2,1-3H3. The first-order chi connectivity index (χ1) is 3.56.